The summed E-state index contributed by atoms with van der Waals surface area (Å²) in [5.74, 6) is -1.60. The summed E-state index contributed by atoms with van der Waals surface area (Å²) in [5.41, 5.74) is 0.416. The number of halogens is 4. The molecule has 0 saturated carbocycles. The second-order valence-corrected chi connectivity index (χ2v) is 8.29. The van der Waals surface area contributed by atoms with Crippen molar-refractivity contribution in [1.29, 1.82) is 0 Å². The lowest BCUT2D eigenvalue weighted by molar-refractivity contribution is -0.139. The predicted octanol–water partition coefficient (Wildman–Crippen LogP) is 3.38. The van der Waals surface area contributed by atoms with Gasteiger partial charge >= 0.3 is 12.2 Å². The van der Waals surface area contributed by atoms with E-state index >= 15 is 0 Å². The lowest BCUT2D eigenvalue weighted by Crippen LogP contribution is -2.45. The van der Waals surface area contributed by atoms with E-state index in [1.54, 1.807) is 11.7 Å². The Bertz CT molecular complexity index is 1280. The number of nitrogens with zero attached hydrogens (tertiary/aromatic N) is 6. The summed E-state index contributed by atoms with van der Waals surface area (Å²) in [6, 6.07) is 0.854. The van der Waals surface area contributed by atoms with Crippen molar-refractivity contribution in [1.82, 2.24) is 19.7 Å². The van der Waals surface area contributed by atoms with Crippen molar-refractivity contribution >= 4 is 40.5 Å². The van der Waals surface area contributed by atoms with E-state index in [4.69, 9.17) is 0 Å². The fourth-order valence-corrected chi connectivity index (χ4v) is 4.13. The summed E-state index contributed by atoms with van der Waals surface area (Å²) in [6.07, 6.45) is -3.36. The number of imide groups is 1. The van der Waals surface area contributed by atoms with Gasteiger partial charge in [-0.25, -0.2) is 19.1 Å². The zero-order valence-electron chi connectivity index (χ0n) is 19.2. The largest absolute Gasteiger partial charge is 0.419 e. The summed E-state index contributed by atoms with van der Waals surface area (Å²) in [7, 11) is 3.75. The molecule has 1 aromatic carbocycles. The van der Waals surface area contributed by atoms with Gasteiger partial charge in [0.25, 0.3) is 0 Å². The Morgan fingerprint density at radius 3 is 2.46 bits per heavy atom. The molecule has 1 aliphatic rings. The lowest BCUT2D eigenvalue weighted by atomic mass is 10.1. The number of likely N-dealkylation sites (N-methyl/N-ethyl adjacent to an activating group) is 1. The lowest BCUT2D eigenvalue weighted by Gasteiger charge is -2.35. The minimum absolute atomic E-state index is 0.105. The number of anilines is 3. The number of aryl methyl sites for hydroxylation is 2. The number of rotatable bonds is 4. The van der Waals surface area contributed by atoms with Gasteiger partial charge in [0, 0.05) is 33.2 Å². The molecule has 3 aromatic rings. The SMILES string of the molecule is Cc1nn(C)c2ncc(NC(=O)N(C=O)c3ccc(C(F)(F)F)c(F)c3)c(N3CCN(C)CC3)c12. The molecule has 0 bridgehead atoms. The summed E-state index contributed by atoms with van der Waals surface area (Å²) in [4.78, 5) is 33.8. The third kappa shape index (κ3) is 4.63. The zero-order chi connectivity index (χ0) is 25.5. The number of amides is 3. The molecule has 2 aromatic heterocycles. The number of alkyl halides is 3. The van der Waals surface area contributed by atoms with Gasteiger partial charge in [-0.15, -0.1) is 0 Å². The van der Waals surface area contributed by atoms with Crippen LogP contribution in [0.15, 0.2) is 24.4 Å². The highest BCUT2D eigenvalue weighted by Crippen LogP contribution is 2.37. The average Bonchev–Trinajstić information content (AvgIpc) is 3.07. The molecule has 1 aliphatic heterocycles. The van der Waals surface area contributed by atoms with Crippen LogP contribution in [0.3, 0.4) is 0 Å². The number of pyridine rings is 1. The number of hydrogen-bond donors (Lipinski definition) is 1. The van der Waals surface area contributed by atoms with Gasteiger partial charge < -0.3 is 15.1 Å². The van der Waals surface area contributed by atoms with Crippen molar-refractivity contribution in [2.45, 2.75) is 13.1 Å². The van der Waals surface area contributed by atoms with E-state index in [1.165, 1.54) is 6.20 Å². The Morgan fingerprint density at radius 2 is 1.86 bits per heavy atom. The van der Waals surface area contributed by atoms with Crippen molar-refractivity contribution in [3.05, 3.63) is 41.5 Å². The number of carbonyl (C=O) groups excluding carboxylic acids is 2. The molecule has 0 atom stereocenters. The van der Waals surface area contributed by atoms with E-state index in [-0.39, 0.29) is 12.1 Å². The summed E-state index contributed by atoms with van der Waals surface area (Å²) < 4.78 is 54.4. The van der Waals surface area contributed by atoms with Crippen LogP contribution in [0.5, 0.6) is 0 Å². The molecule has 0 radical (unpaired) electrons. The smallest absolute Gasteiger partial charge is 0.367 e. The minimum Gasteiger partial charge on any atom is -0.367 e. The normalized spacial score (nSPS) is 14.9. The molecule has 1 saturated heterocycles. The Morgan fingerprint density at radius 1 is 1.17 bits per heavy atom. The van der Waals surface area contributed by atoms with Crippen molar-refractivity contribution in [3.8, 4) is 0 Å². The van der Waals surface area contributed by atoms with Gasteiger partial charge in [-0.2, -0.15) is 18.3 Å². The average molecular weight is 493 g/mol. The van der Waals surface area contributed by atoms with E-state index in [2.05, 4.69) is 25.2 Å². The van der Waals surface area contributed by atoms with Crippen LogP contribution < -0.4 is 15.1 Å². The number of fused-ring (bicyclic) bond motifs is 1. The van der Waals surface area contributed by atoms with Crippen LogP contribution >= 0.6 is 0 Å². The number of hydrogen-bond acceptors (Lipinski definition) is 6. The van der Waals surface area contributed by atoms with Gasteiger partial charge in [0.15, 0.2) is 5.65 Å². The third-order valence-electron chi connectivity index (χ3n) is 5.92. The van der Waals surface area contributed by atoms with Crippen LogP contribution in [-0.4, -0.2) is 65.3 Å². The first-order valence-electron chi connectivity index (χ1n) is 10.7. The molecule has 186 valence electrons. The Balaban J connectivity index is 1.71. The number of aromatic nitrogens is 3. The van der Waals surface area contributed by atoms with E-state index in [0.29, 0.717) is 52.8 Å². The first-order valence-corrected chi connectivity index (χ1v) is 10.7. The van der Waals surface area contributed by atoms with Crippen molar-refractivity contribution in [2.75, 3.05) is 48.3 Å². The molecule has 4 rings (SSSR count). The van der Waals surface area contributed by atoms with Crippen LogP contribution in [0.1, 0.15) is 11.3 Å². The molecule has 3 amide bonds. The summed E-state index contributed by atoms with van der Waals surface area (Å²) in [5, 5.41) is 7.77. The monoisotopic (exact) mass is 493 g/mol. The van der Waals surface area contributed by atoms with Crippen molar-refractivity contribution in [2.24, 2.45) is 7.05 Å². The first-order chi connectivity index (χ1) is 16.5. The number of benzene rings is 1. The van der Waals surface area contributed by atoms with Crippen LogP contribution in [0, 0.1) is 12.7 Å². The summed E-state index contributed by atoms with van der Waals surface area (Å²) >= 11 is 0. The van der Waals surface area contributed by atoms with Crippen molar-refractivity contribution < 1.29 is 27.2 Å². The van der Waals surface area contributed by atoms with Gasteiger partial charge in [-0.1, -0.05) is 0 Å². The van der Waals surface area contributed by atoms with Gasteiger partial charge in [-0.3, -0.25) is 9.48 Å². The molecular formula is C22H23F4N7O2. The molecule has 0 aliphatic carbocycles. The summed E-state index contributed by atoms with van der Waals surface area (Å²) in [6.45, 7) is 4.70. The Hall–Kier alpha value is -3.74. The topological polar surface area (TPSA) is 86.6 Å². The maximum atomic E-state index is 14.1. The second kappa shape index (κ2) is 9.13. The van der Waals surface area contributed by atoms with Gasteiger partial charge in [0.05, 0.1) is 39.9 Å². The van der Waals surface area contributed by atoms with Crippen LogP contribution in [0.2, 0.25) is 0 Å². The van der Waals surface area contributed by atoms with Crippen LogP contribution in [-0.2, 0) is 18.0 Å². The molecule has 3 heterocycles. The van der Waals surface area contributed by atoms with E-state index < -0.39 is 23.6 Å². The van der Waals surface area contributed by atoms with Gasteiger partial charge in [-0.05, 0) is 32.2 Å². The first kappa shape index (κ1) is 24.4. The molecule has 0 spiro atoms. The fraction of sp³-hybridized carbons (Fsp3) is 0.364. The maximum Gasteiger partial charge on any atom is 0.419 e. The van der Waals surface area contributed by atoms with E-state index in [1.807, 2.05) is 14.0 Å². The standard InChI is InChI=1S/C22H23F4N7O2/c1-13-18-19(32-8-6-30(2)7-9-32)17(11-27-20(18)31(3)29-13)28-21(35)33(12-34)14-4-5-15(16(23)10-14)22(24,25)26/h4-5,10-12H,6-9H2,1-3H3,(H,28,35). The maximum absolute atomic E-state index is 14.1. The number of carbonyl (C=O) groups is 2. The van der Waals surface area contributed by atoms with Crippen LogP contribution in [0.25, 0.3) is 11.0 Å². The van der Waals surface area contributed by atoms with Gasteiger partial charge in [0.1, 0.15) is 5.82 Å². The quantitative estimate of drug-likeness (QED) is 0.443. The van der Waals surface area contributed by atoms with Crippen molar-refractivity contribution in [3.63, 3.8) is 0 Å². The fourth-order valence-electron chi connectivity index (χ4n) is 4.13. The third-order valence-corrected chi connectivity index (χ3v) is 5.92. The molecular weight excluding hydrogens is 470 g/mol. The predicted molar refractivity (Wildman–Crippen MR) is 122 cm³/mol. The van der Waals surface area contributed by atoms with Crippen LogP contribution in [0.4, 0.5) is 39.4 Å². The number of urea groups is 1. The zero-order valence-corrected chi connectivity index (χ0v) is 19.2. The highest BCUT2D eigenvalue weighted by atomic mass is 19.4. The molecule has 1 fully saturated rings. The number of nitrogens with one attached hydrogen (secondary N) is 1. The molecule has 9 nitrogen and oxygen atoms in total. The molecule has 13 heteroatoms. The Kier molecular flexibility index (Phi) is 6.36. The highest BCUT2D eigenvalue weighted by molar-refractivity contribution is 6.14. The molecule has 1 N–H and O–H groups in total. The number of piperazine rings is 1. The highest BCUT2D eigenvalue weighted by Gasteiger charge is 2.34. The molecule has 35 heavy (non-hydrogen) atoms. The van der Waals surface area contributed by atoms with E-state index in [9.17, 15) is 27.2 Å². The van der Waals surface area contributed by atoms with E-state index in [0.717, 1.165) is 24.5 Å². The van der Waals surface area contributed by atoms with Gasteiger partial charge in [0.2, 0.25) is 6.41 Å². The minimum atomic E-state index is -4.91. The Labute approximate surface area is 197 Å². The second-order valence-electron chi connectivity index (χ2n) is 8.29. The molecule has 0 unspecified atom stereocenters.